The summed E-state index contributed by atoms with van der Waals surface area (Å²) in [5, 5.41) is 0. The van der Waals surface area contributed by atoms with Crippen LogP contribution in [0.25, 0.3) is 0 Å². The molecule has 0 aromatic heterocycles. The van der Waals surface area contributed by atoms with Gasteiger partial charge in [-0.3, -0.25) is 9.59 Å². The maximum absolute atomic E-state index is 12.8. The Morgan fingerprint density at radius 3 is 1.11 bits per heavy atom. The average molecular weight is 920 g/mol. The second-order valence-electron chi connectivity index (χ2n) is 18.4. The zero-order valence-electron chi connectivity index (χ0n) is 43.7. The Hall–Kier alpha value is -2.92. The Kier molecular flexibility index (Phi) is 53.9. The van der Waals surface area contributed by atoms with Crippen LogP contribution in [0.1, 0.15) is 265 Å². The molecule has 0 rings (SSSR count). The Balaban J connectivity index is 4.31. The van der Waals surface area contributed by atoms with Gasteiger partial charge in [0.05, 0.1) is 6.61 Å². The van der Waals surface area contributed by atoms with Crippen molar-refractivity contribution in [3.8, 4) is 0 Å². The van der Waals surface area contributed by atoms with Crippen molar-refractivity contribution in [1.82, 2.24) is 0 Å². The van der Waals surface area contributed by atoms with Gasteiger partial charge in [-0.25, -0.2) is 0 Å². The third-order valence-corrected chi connectivity index (χ3v) is 11.9. The first kappa shape index (κ1) is 63.1. The summed E-state index contributed by atoms with van der Waals surface area (Å²) in [6.07, 6.45) is 74.5. The van der Waals surface area contributed by atoms with E-state index >= 15 is 0 Å². The molecule has 0 aromatic rings. The normalized spacial score (nSPS) is 12.8. The molecule has 5 heteroatoms. The highest BCUT2D eigenvalue weighted by molar-refractivity contribution is 5.70. The third kappa shape index (κ3) is 53.7. The molecule has 0 aromatic carbocycles. The largest absolute Gasteiger partial charge is 0.462 e. The van der Waals surface area contributed by atoms with E-state index in [1.165, 1.54) is 128 Å². The highest BCUT2D eigenvalue weighted by Gasteiger charge is 2.17. The van der Waals surface area contributed by atoms with Crippen LogP contribution in [0.4, 0.5) is 0 Å². The second kappa shape index (κ2) is 56.4. The number of carbonyl (C=O) groups excluding carboxylic acids is 2. The van der Waals surface area contributed by atoms with Gasteiger partial charge in [0.15, 0.2) is 6.10 Å². The first-order valence-electron chi connectivity index (χ1n) is 28.1. The molecular weight excluding hydrogens is 813 g/mol. The van der Waals surface area contributed by atoms with E-state index in [0.29, 0.717) is 19.4 Å². The first-order valence-corrected chi connectivity index (χ1v) is 28.1. The van der Waals surface area contributed by atoms with Gasteiger partial charge < -0.3 is 14.2 Å². The fourth-order valence-electron chi connectivity index (χ4n) is 7.77. The predicted molar refractivity (Wildman–Crippen MR) is 288 cm³/mol. The second-order valence-corrected chi connectivity index (χ2v) is 18.4. The molecule has 5 nitrogen and oxygen atoms in total. The average Bonchev–Trinajstić information content (AvgIpc) is 3.32. The molecule has 380 valence electrons. The van der Waals surface area contributed by atoms with Crippen molar-refractivity contribution >= 4 is 11.9 Å². The van der Waals surface area contributed by atoms with E-state index in [9.17, 15) is 9.59 Å². The molecule has 0 amide bonds. The topological polar surface area (TPSA) is 61.8 Å². The number of unbranched alkanes of at least 4 members (excludes halogenated alkanes) is 26. The number of rotatable bonds is 51. The molecule has 0 N–H and O–H groups in total. The molecule has 0 aliphatic carbocycles. The van der Waals surface area contributed by atoms with Gasteiger partial charge in [-0.2, -0.15) is 0 Å². The molecular formula is C61H106O5. The summed E-state index contributed by atoms with van der Waals surface area (Å²) < 4.78 is 17.5. The van der Waals surface area contributed by atoms with Crippen LogP contribution in [0, 0.1) is 0 Å². The van der Waals surface area contributed by atoms with E-state index in [4.69, 9.17) is 14.2 Å². The number of carbonyl (C=O) groups is 2. The van der Waals surface area contributed by atoms with Gasteiger partial charge >= 0.3 is 11.9 Å². The monoisotopic (exact) mass is 919 g/mol. The van der Waals surface area contributed by atoms with Crippen LogP contribution >= 0.6 is 0 Å². The maximum atomic E-state index is 12.8. The van der Waals surface area contributed by atoms with Gasteiger partial charge in [0.25, 0.3) is 0 Å². The molecule has 0 fully saturated rings. The van der Waals surface area contributed by atoms with Crippen molar-refractivity contribution in [3.63, 3.8) is 0 Å². The van der Waals surface area contributed by atoms with Gasteiger partial charge in [0.1, 0.15) is 6.61 Å². The number of allylic oxidation sites excluding steroid dienone is 14. The number of ether oxygens (including phenoxy) is 3. The fraction of sp³-hybridized carbons (Fsp3) is 0.738. The van der Waals surface area contributed by atoms with Crippen molar-refractivity contribution in [1.29, 1.82) is 0 Å². The highest BCUT2D eigenvalue weighted by atomic mass is 16.6. The number of esters is 2. The van der Waals surface area contributed by atoms with Crippen LogP contribution < -0.4 is 0 Å². The van der Waals surface area contributed by atoms with Gasteiger partial charge in [-0.15, -0.1) is 0 Å². The molecule has 0 aliphatic heterocycles. The van der Waals surface area contributed by atoms with Crippen molar-refractivity contribution < 1.29 is 23.8 Å². The SMILES string of the molecule is CC/C=C\C/C=C\C/C=C\CCCCCCCCCCOCC(COC(=O)CCCCCCCCC/C=C\C/C=C\C/C=C\CC)OC(=O)CCCCCCC/C=C\CCCCCCCC. The summed E-state index contributed by atoms with van der Waals surface area (Å²) in [6.45, 7) is 7.59. The smallest absolute Gasteiger partial charge is 0.306 e. The lowest BCUT2D eigenvalue weighted by Crippen LogP contribution is -2.30. The van der Waals surface area contributed by atoms with Crippen LogP contribution in [0.2, 0.25) is 0 Å². The third-order valence-electron chi connectivity index (χ3n) is 11.9. The Morgan fingerprint density at radius 1 is 0.348 bits per heavy atom. The fourth-order valence-corrected chi connectivity index (χ4v) is 7.77. The van der Waals surface area contributed by atoms with E-state index in [-0.39, 0.29) is 25.2 Å². The summed E-state index contributed by atoms with van der Waals surface area (Å²) in [5.41, 5.74) is 0. The minimum Gasteiger partial charge on any atom is -0.462 e. The molecule has 0 spiro atoms. The molecule has 66 heavy (non-hydrogen) atoms. The van der Waals surface area contributed by atoms with Crippen molar-refractivity contribution in [2.75, 3.05) is 19.8 Å². The molecule has 1 atom stereocenters. The minimum atomic E-state index is -0.553. The van der Waals surface area contributed by atoms with Gasteiger partial charge in [-0.05, 0) is 109 Å². The van der Waals surface area contributed by atoms with Crippen molar-refractivity contribution in [2.24, 2.45) is 0 Å². The summed E-state index contributed by atoms with van der Waals surface area (Å²) in [4.78, 5) is 25.5. The Labute approximate surface area is 409 Å². The lowest BCUT2D eigenvalue weighted by Gasteiger charge is -2.18. The molecule has 0 aliphatic rings. The van der Waals surface area contributed by atoms with E-state index < -0.39 is 6.10 Å². The van der Waals surface area contributed by atoms with Crippen LogP contribution in [0.5, 0.6) is 0 Å². The van der Waals surface area contributed by atoms with E-state index in [1.54, 1.807) is 0 Å². The van der Waals surface area contributed by atoms with E-state index in [1.807, 2.05) is 0 Å². The van der Waals surface area contributed by atoms with Gasteiger partial charge in [0.2, 0.25) is 0 Å². The van der Waals surface area contributed by atoms with Crippen LogP contribution in [-0.4, -0.2) is 37.9 Å². The molecule has 0 saturated carbocycles. The van der Waals surface area contributed by atoms with Crippen LogP contribution in [0.15, 0.2) is 85.1 Å². The van der Waals surface area contributed by atoms with Crippen LogP contribution in [-0.2, 0) is 23.8 Å². The molecule has 1 unspecified atom stereocenters. The van der Waals surface area contributed by atoms with Gasteiger partial charge in [0, 0.05) is 19.4 Å². The van der Waals surface area contributed by atoms with Crippen molar-refractivity contribution in [3.05, 3.63) is 85.1 Å². The summed E-state index contributed by atoms with van der Waals surface area (Å²) in [5.74, 6) is -0.418. The Bertz CT molecular complexity index is 1220. The Morgan fingerprint density at radius 2 is 0.682 bits per heavy atom. The summed E-state index contributed by atoms with van der Waals surface area (Å²) in [6, 6.07) is 0. The molecule has 0 bridgehead atoms. The summed E-state index contributed by atoms with van der Waals surface area (Å²) >= 11 is 0. The number of hydrogen-bond acceptors (Lipinski definition) is 5. The maximum Gasteiger partial charge on any atom is 0.306 e. The van der Waals surface area contributed by atoms with E-state index in [2.05, 4.69) is 106 Å². The first-order chi connectivity index (χ1) is 32.6. The lowest BCUT2D eigenvalue weighted by molar-refractivity contribution is -0.163. The number of hydrogen-bond donors (Lipinski definition) is 0. The molecule has 0 radical (unpaired) electrons. The lowest BCUT2D eigenvalue weighted by atomic mass is 10.1. The quantitative estimate of drug-likeness (QED) is 0.0346. The predicted octanol–water partition coefficient (Wildman–Crippen LogP) is 19.2. The van der Waals surface area contributed by atoms with E-state index in [0.717, 1.165) is 103 Å². The zero-order valence-corrected chi connectivity index (χ0v) is 43.7. The minimum absolute atomic E-state index is 0.0712. The summed E-state index contributed by atoms with van der Waals surface area (Å²) in [7, 11) is 0. The van der Waals surface area contributed by atoms with Crippen LogP contribution in [0.3, 0.4) is 0 Å². The van der Waals surface area contributed by atoms with Crippen molar-refractivity contribution in [2.45, 2.75) is 271 Å². The molecule has 0 saturated heterocycles. The highest BCUT2D eigenvalue weighted by Crippen LogP contribution is 2.14. The standard InChI is InChI=1S/C61H106O5/c1-4-7-10-13-16-19-22-25-28-30-32-35-38-41-44-47-50-53-56-64-57-59(66-61(63)55-52-49-46-43-40-37-33-27-24-21-18-15-12-9-6-3)58-65-60(62)54-51-48-45-42-39-36-34-31-29-26-23-20-17-14-11-8-5-2/h7-8,10-11,16-17,19-20,25-29,33,59H,4-6,9,12-15,18,21-24,30-32,34-58H2,1-3H3/b10-7-,11-8-,19-16-,20-17-,28-25-,29-26-,33-27-. The van der Waals surface area contributed by atoms with Gasteiger partial charge in [-0.1, -0.05) is 228 Å². The molecule has 0 heterocycles. The zero-order chi connectivity index (χ0) is 47.7.